The van der Waals surface area contributed by atoms with Gasteiger partial charge in [0.25, 0.3) is 0 Å². The minimum absolute atomic E-state index is 0.315. The van der Waals surface area contributed by atoms with Gasteiger partial charge in [-0.15, -0.1) is 0 Å². The van der Waals surface area contributed by atoms with Crippen molar-refractivity contribution >= 4 is 5.78 Å². The Kier molecular flexibility index (Phi) is 6.11. The molecule has 0 heterocycles. The zero-order valence-electron chi connectivity index (χ0n) is 16.9. The number of aryl methyl sites for hydroxylation is 1. The van der Waals surface area contributed by atoms with Gasteiger partial charge in [0, 0.05) is 12.0 Å². The van der Waals surface area contributed by atoms with Crippen LogP contribution in [-0.2, 0) is 19.3 Å². The summed E-state index contributed by atoms with van der Waals surface area (Å²) in [5, 5.41) is 3.63. The van der Waals surface area contributed by atoms with Crippen molar-refractivity contribution in [3.63, 3.8) is 0 Å². The minimum atomic E-state index is 0.315. The van der Waals surface area contributed by atoms with E-state index >= 15 is 0 Å². The second-order valence-corrected chi connectivity index (χ2v) is 8.17. The van der Waals surface area contributed by atoms with Gasteiger partial charge in [-0.2, -0.15) is 0 Å². The summed E-state index contributed by atoms with van der Waals surface area (Å²) < 4.78 is 5.56. The van der Waals surface area contributed by atoms with E-state index in [2.05, 4.69) is 35.6 Å². The van der Waals surface area contributed by atoms with Gasteiger partial charge < -0.3 is 10.1 Å². The average Bonchev–Trinajstić information content (AvgIpc) is 2.73. The van der Waals surface area contributed by atoms with Crippen LogP contribution in [0.2, 0.25) is 0 Å². The van der Waals surface area contributed by atoms with E-state index in [1.807, 2.05) is 6.07 Å². The van der Waals surface area contributed by atoms with Crippen molar-refractivity contribution in [1.82, 2.24) is 5.32 Å². The number of ether oxygens (including phenoxy) is 1. The maximum Gasteiger partial charge on any atom is 0.163 e. The molecule has 28 heavy (non-hydrogen) atoms. The van der Waals surface area contributed by atoms with Crippen molar-refractivity contribution in [2.45, 2.75) is 57.3 Å². The number of methoxy groups -OCH3 is 1. The molecule has 0 saturated carbocycles. The number of carbonyl (C=O) groups is 1. The first-order chi connectivity index (χ1) is 13.8. The summed E-state index contributed by atoms with van der Waals surface area (Å²) in [5.74, 6) is 2.01. The normalized spacial score (nSPS) is 18.5. The van der Waals surface area contributed by atoms with E-state index in [0.717, 1.165) is 50.1 Å². The highest BCUT2D eigenvalue weighted by Crippen LogP contribution is 2.38. The van der Waals surface area contributed by atoms with E-state index in [9.17, 15) is 4.79 Å². The number of ketones is 1. The van der Waals surface area contributed by atoms with E-state index in [1.165, 1.54) is 41.5 Å². The van der Waals surface area contributed by atoms with Crippen molar-refractivity contribution in [3.8, 4) is 5.75 Å². The van der Waals surface area contributed by atoms with Crippen molar-refractivity contribution in [1.29, 1.82) is 0 Å². The lowest BCUT2D eigenvalue weighted by molar-refractivity contribution is 0.0972. The van der Waals surface area contributed by atoms with Gasteiger partial charge in [0.2, 0.25) is 0 Å². The van der Waals surface area contributed by atoms with Gasteiger partial charge in [-0.05, 0) is 92.3 Å². The molecule has 3 nitrogen and oxygen atoms in total. The van der Waals surface area contributed by atoms with Gasteiger partial charge >= 0.3 is 0 Å². The van der Waals surface area contributed by atoms with Gasteiger partial charge in [0.1, 0.15) is 5.75 Å². The van der Waals surface area contributed by atoms with E-state index < -0.39 is 0 Å². The number of Topliss-reactive ketones (excluding diaryl/α,β-unsaturated/α-hetero) is 1. The summed E-state index contributed by atoms with van der Waals surface area (Å²) in [6, 6.07) is 12.9. The molecule has 2 aliphatic carbocycles. The number of fused-ring (bicyclic) bond motifs is 2. The molecule has 0 radical (unpaired) electrons. The van der Waals surface area contributed by atoms with E-state index in [-0.39, 0.29) is 0 Å². The Bertz CT molecular complexity index is 842. The molecule has 2 aromatic rings. The van der Waals surface area contributed by atoms with Crippen LogP contribution in [0.5, 0.6) is 5.75 Å². The van der Waals surface area contributed by atoms with Crippen LogP contribution >= 0.6 is 0 Å². The van der Waals surface area contributed by atoms with Gasteiger partial charge in [0.15, 0.2) is 5.78 Å². The summed E-state index contributed by atoms with van der Waals surface area (Å²) in [4.78, 5) is 12.0. The van der Waals surface area contributed by atoms with Crippen LogP contribution in [0.25, 0.3) is 0 Å². The zero-order valence-corrected chi connectivity index (χ0v) is 16.9. The molecule has 0 fully saturated rings. The SMILES string of the molecule is COc1cccc2c1CCCC2CCNCCc1ccc2c(c1)CCCC2=O. The first kappa shape index (κ1) is 19.2. The molecule has 1 N–H and O–H groups in total. The topological polar surface area (TPSA) is 38.3 Å². The Hall–Kier alpha value is -2.13. The van der Waals surface area contributed by atoms with Crippen LogP contribution in [0.3, 0.4) is 0 Å². The number of benzene rings is 2. The maximum absolute atomic E-state index is 12.0. The average molecular weight is 378 g/mol. The predicted octanol–water partition coefficient (Wildman–Crippen LogP) is 4.86. The Labute approximate surface area is 168 Å². The van der Waals surface area contributed by atoms with Gasteiger partial charge in [-0.25, -0.2) is 0 Å². The van der Waals surface area contributed by atoms with Crippen LogP contribution in [0.15, 0.2) is 36.4 Å². The Morgan fingerprint density at radius 1 is 1.07 bits per heavy atom. The maximum atomic E-state index is 12.0. The van der Waals surface area contributed by atoms with E-state index in [4.69, 9.17) is 4.74 Å². The second-order valence-electron chi connectivity index (χ2n) is 8.17. The zero-order chi connectivity index (χ0) is 19.3. The van der Waals surface area contributed by atoms with E-state index in [1.54, 1.807) is 7.11 Å². The molecule has 3 heteroatoms. The highest BCUT2D eigenvalue weighted by molar-refractivity contribution is 5.98. The first-order valence-corrected chi connectivity index (χ1v) is 10.8. The third kappa shape index (κ3) is 4.15. The number of nitrogens with one attached hydrogen (secondary N) is 1. The predicted molar refractivity (Wildman–Crippen MR) is 114 cm³/mol. The Morgan fingerprint density at radius 3 is 2.89 bits per heavy atom. The Morgan fingerprint density at radius 2 is 2.00 bits per heavy atom. The molecule has 1 atom stereocenters. The van der Waals surface area contributed by atoms with Gasteiger partial charge in [-0.1, -0.05) is 30.3 Å². The van der Waals surface area contributed by atoms with Crippen molar-refractivity contribution in [2.75, 3.05) is 20.2 Å². The fourth-order valence-corrected chi connectivity index (χ4v) is 4.89. The molecule has 0 spiro atoms. The lowest BCUT2D eigenvalue weighted by atomic mass is 9.80. The molecule has 4 rings (SSSR count). The van der Waals surface area contributed by atoms with Gasteiger partial charge in [-0.3, -0.25) is 4.79 Å². The van der Waals surface area contributed by atoms with Crippen molar-refractivity contribution < 1.29 is 9.53 Å². The molecule has 0 saturated heterocycles. The quantitative estimate of drug-likeness (QED) is 0.701. The van der Waals surface area contributed by atoms with Crippen LogP contribution in [0.1, 0.15) is 70.6 Å². The Balaban J connectivity index is 1.27. The number of hydrogen-bond donors (Lipinski definition) is 1. The highest BCUT2D eigenvalue weighted by atomic mass is 16.5. The molecule has 148 valence electrons. The van der Waals surface area contributed by atoms with Crippen LogP contribution < -0.4 is 10.1 Å². The molecule has 2 aliphatic rings. The molecule has 0 aliphatic heterocycles. The number of hydrogen-bond acceptors (Lipinski definition) is 3. The monoisotopic (exact) mass is 377 g/mol. The summed E-state index contributed by atoms with van der Waals surface area (Å²) in [6.45, 7) is 2.04. The molecule has 0 bridgehead atoms. The van der Waals surface area contributed by atoms with E-state index in [0.29, 0.717) is 18.1 Å². The summed E-state index contributed by atoms with van der Waals surface area (Å²) in [7, 11) is 1.78. The summed E-state index contributed by atoms with van der Waals surface area (Å²) in [5.41, 5.74) is 6.46. The number of rotatable bonds is 7. The lowest BCUT2D eigenvalue weighted by Crippen LogP contribution is -2.22. The minimum Gasteiger partial charge on any atom is -0.496 e. The largest absolute Gasteiger partial charge is 0.496 e. The second kappa shape index (κ2) is 8.91. The van der Waals surface area contributed by atoms with Crippen LogP contribution in [0.4, 0.5) is 0 Å². The lowest BCUT2D eigenvalue weighted by Gasteiger charge is -2.27. The fraction of sp³-hybridized carbons (Fsp3) is 0.480. The third-order valence-electron chi connectivity index (χ3n) is 6.39. The van der Waals surface area contributed by atoms with Crippen molar-refractivity contribution in [2.24, 2.45) is 0 Å². The van der Waals surface area contributed by atoms with Gasteiger partial charge in [0.05, 0.1) is 7.11 Å². The third-order valence-corrected chi connectivity index (χ3v) is 6.39. The summed E-state index contributed by atoms with van der Waals surface area (Å²) >= 11 is 0. The summed E-state index contributed by atoms with van der Waals surface area (Å²) in [6.07, 6.45) is 8.64. The van der Waals surface area contributed by atoms with Crippen molar-refractivity contribution in [3.05, 3.63) is 64.2 Å². The number of carbonyl (C=O) groups excluding carboxylic acids is 1. The molecule has 0 amide bonds. The highest BCUT2D eigenvalue weighted by Gasteiger charge is 2.22. The van der Waals surface area contributed by atoms with Crippen LogP contribution in [-0.4, -0.2) is 26.0 Å². The molecule has 2 aromatic carbocycles. The molecular weight excluding hydrogens is 346 g/mol. The van der Waals surface area contributed by atoms with Crippen LogP contribution in [0, 0.1) is 0 Å². The molecular formula is C25H31NO2. The first-order valence-electron chi connectivity index (χ1n) is 10.8. The fourth-order valence-electron chi connectivity index (χ4n) is 4.89. The molecule has 0 aromatic heterocycles. The smallest absolute Gasteiger partial charge is 0.163 e. The molecule has 1 unspecified atom stereocenters. The standard InChI is InChI=1S/C25H31NO2/c1-28-25-10-4-7-21-19(5-2-8-23(21)25)14-16-26-15-13-18-11-12-22-20(17-18)6-3-9-24(22)27/h4,7,10-12,17,19,26H,2-3,5-6,8-9,13-16H2,1H3.